The lowest BCUT2D eigenvalue weighted by Crippen LogP contribution is -2.25. The van der Waals surface area contributed by atoms with Crippen LogP contribution in [-0.4, -0.2) is 23.7 Å². The second kappa shape index (κ2) is 7.88. The lowest BCUT2D eigenvalue weighted by atomic mass is 10.1. The van der Waals surface area contributed by atoms with Crippen molar-refractivity contribution in [3.63, 3.8) is 0 Å². The highest BCUT2D eigenvalue weighted by molar-refractivity contribution is 14.1. The highest BCUT2D eigenvalue weighted by atomic mass is 127. The molecule has 0 radical (unpaired) electrons. The summed E-state index contributed by atoms with van der Waals surface area (Å²) in [6, 6.07) is 7.62. The van der Waals surface area contributed by atoms with Gasteiger partial charge in [0.15, 0.2) is 6.61 Å². The molecule has 1 amide bonds. The van der Waals surface area contributed by atoms with E-state index in [1.807, 2.05) is 26.0 Å². The maximum atomic E-state index is 11.7. The van der Waals surface area contributed by atoms with Gasteiger partial charge in [0.25, 0.3) is 5.91 Å². The van der Waals surface area contributed by atoms with Gasteiger partial charge in [-0.3, -0.25) is 9.78 Å². The zero-order valence-electron chi connectivity index (χ0n) is 12.3. The Labute approximate surface area is 142 Å². The fraction of sp³-hybridized carbons (Fsp3) is 0.188. The SMILES string of the molecule is Cc1cc(I)cc(C)c1OCC(=O)N/N=C\c1ccncc1. The Kier molecular flexibility index (Phi) is 5.88. The molecule has 22 heavy (non-hydrogen) atoms. The third-order valence-corrected chi connectivity index (χ3v) is 3.50. The smallest absolute Gasteiger partial charge is 0.277 e. The van der Waals surface area contributed by atoms with Crippen LogP contribution in [-0.2, 0) is 4.79 Å². The van der Waals surface area contributed by atoms with E-state index in [1.54, 1.807) is 30.7 Å². The number of nitrogens with zero attached hydrogens (tertiary/aromatic N) is 2. The molecule has 0 saturated heterocycles. The summed E-state index contributed by atoms with van der Waals surface area (Å²) in [6.45, 7) is 3.85. The Morgan fingerprint density at radius 2 is 1.95 bits per heavy atom. The lowest BCUT2D eigenvalue weighted by Gasteiger charge is -2.11. The summed E-state index contributed by atoms with van der Waals surface area (Å²) in [5, 5.41) is 3.88. The molecule has 0 aliphatic rings. The summed E-state index contributed by atoms with van der Waals surface area (Å²) in [4.78, 5) is 15.6. The van der Waals surface area contributed by atoms with E-state index < -0.39 is 0 Å². The molecular weight excluding hydrogens is 393 g/mol. The number of amides is 1. The molecule has 5 nitrogen and oxygen atoms in total. The van der Waals surface area contributed by atoms with Crippen molar-refractivity contribution in [2.24, 2.45) is 5.10 Å². The molecule has 0 aliphatic heterocycles. The van der Waals surface area contributed by atoms with E-state index in [0.29, 0.717) is 0 Å². The van der Waals surface area contributed by atoms with Gasteiger partial charge in [0.05, 0.1) is 6.21 Å². The summed E-state index contributed by atoms with van der Waals surface area (Å²) in [5.74, 6) is 0.441. The van der Waals surface area contributed by atoms with Crippen molar-refractivity contribution in [3.05, 3.63) is 56.9 Å². The number of hydrogen-bond donors (Lipinski definition) is 1. The Morgan fingerprint density at radius 3 is 2.59 bits per heavy atom. The molecular formula is C16H16IN3O2. The van der Waals surface area contributed by atoms with Gasteiger partial charge in [-0.1, -0.05) is 0 Å². The summed E-state index contributed by atoms with van der Waals surface area (Å²) in [5.41, 5.74) is 5.32. The van der Waals surface area contributed by atoms with Crippen LogP contribution < -0.4 is 10.2 Å². The number of carbonyl (C=O) groups excluding carboxylic acids is 1. The highest BCUT2D eigenvalue weighted by Gasteiger charge is 2.08. The molecule has 0 unspecified atom stereocenters. The summed E-state index contributed by atoms with van der Waals surface area (Å²) in [7, 11) is 0. The van der Waals surface area contributed by atoms with Crippen molar-refractivity contribution in [1.29, 1.82) is 0 Å². The largest absolute Gasteiger partial charge is 0.483 e. The Morgan fingerprint density at radius 1 is 1.32 bits per heavy atom. The van der Waals surface area contributed by atoms with Crippen LogP contribution in [0.5, 0.6) is 5.75 Å². The van der Waals surface area contributed by atoms with Crippen LogP contribution in [0.4, 0.5) is 0 Å². The quantitative estimate of drug-likeness (QED) is 0.470. The van der Waals surface area contributed by atoms with Crippen LogP contribution >= 0.6 is 22.6 Å². The number of hydrogen-bond acceptors (Lipinski definition) is 4. The van der Waals surface area contributed by atoms with Crippen LogP contribution in [0.2, 0.25) is 0 Å². The zero-order chi connectivity index (χ0) is 15.9. The number of carbonyl (C=O) groups is 1. The van der Waals surface area contributed by atoms with Crippen molar-refractivity contribution in [2.75, 3.05) is 6.61 Å². The van der Waals surface area contributed by atoms with E-state index in [4.69, 9.17) is 4.74 Å². The fourth-order valence-electron chi connectivity index (χ4n) is 1.92. The van der Waals surface area contributed by atoms with E-state index in [1.165, 1.54) is 0 Å². The molecule has 0 saturated carbocycles. The first kappa shape index (κ1) is 16.4. The van der Waals surface area contributed by atoms with E-state index >= 15 is 0 Å². The van der Waals surface area contributed by atoms with Crippen LogP contribution in [0.25, 0.3) is 0 Å². The Hall–Kier alpha value is -1.96. The molecule has 1 aromatic heterocycles. The predicted molar refractivity (Wildman–Crippen MR) is 94.1 cm³/mol. The van der Waals surface area contributed by atoms with E-state index in [0.717, 1.165) is 26.0 Å². The van der Waals surface area contributed by atoms with Crippen LogP contribution in [0.3, 0.4) is 0 Å². The molecule has 2 aromatic rings. The molecule has 0 atom stereocenters. The summed E-state index contributed by atoms with van der Waals surface area (Å²) >= 11 is 2.25. The number of aromatic nitrogens is 1. The van der Waals surface area contributed by atoms with Crippen molar-refractivity contribution < 1.29 is 9.53 Å². The van der Waals surface area contributed by atoms with Gasteiger partial charge in [0.1, 0.15) is 5.75 Å². The van der Waals surface area contributed by atoms with Gasteiger partial charge in [-0.05, 0) is 77.4 Å². The van der Waals surface area contributed by atoms with Crippen molar-refractivity contribution >= 4 is 34.7 Å². The first-order valence-corrected chi connectivity index (χ1v) is 7.75. The standard InChI is InChI=1S/C16H16IN3O2/c1-11-7-14(17)8-12(2)16(11)22-10-15(21)20-19-9-13-3-5-18-6-4-13/h3-9H,10H2,1-2H3,(H,20,21)/b19-9-. The molecule has 0 bridgehead atoms. The number of halogens is 1. The number of rotatable bonds is 5. The van der Waals surface area contributed by atoms with Gasteiger partial charge >= 0.3 is 0 Å². The van der Waals surface area contributed by atoms with Gasteiger partial charge in [-0.2, -0.15) is 5.10 Å². The number of aryl methyl sites for hydroxylation is 2. The normalized spacial score (nSPS) is 10.7. The van der Waals surface area contributed by atoms with Crippen LogP contribution in [0.15, 0.2) is 41.8 Å². The summed E-state index contributed by atoms with van der Waals surface area (Å²) in [6.07, 6.45) is 4.88. The van der Waals surface area contributed by atoms with E-state index in [9.17, 15) is 4.79 Å². The highest BCUT2D eigenvalue weighted by Crippen LogP contribution is 2.25. The molecule has 1 aromatic carbocycles. The van der Waals surface area contributed by atoms with E-state index in [2.05, 4.69) is 38.1 Å². The third kappa shape index (κ3) is 4.80. The predicted octanol–water partition coefficient (Wildman–Crippen LogP) is 2.83. The molecule has 6 heteroatoms. The van der Waals surface area contributed by atoms with Gasteiger partial charge < -0.3 is 4.74 Å². The van der Waals surface area contributed by atoms with Crippen molar-refractivity contribution in [3.8, 4) is 5.75 Å². The van der Waals surface area contributed by atoms with Gasteiger partial charge in [-0.25, -0.2) is 5.43 Å². The zero-order valence-corrected chi connectivity index (χ0v) is 14.5. The van der Waals surface area contributed by atoms with Gasteiger partial charge in [-0.15, -0.1) is 0 Å². The molecule has 2 rings (SSSR count). The minimum Gasteiger partial charge on any atom is -0.483 e. The summed E-state index contributed by atoms with van der Waals surface area (Å²) < 4.78 is 6.73. The second-order valence-electron chi connectivity index (χ2n) is 4.73. The average Bonchev–Trinajstić information content (AvgIpc) is 2.47. The van der Waals surface area contributed by atoms with Crippen LogP contribution in [0, 0.1) is 17.4 Å². The number of nitrogens with one attached hydrogen (secondary N) is 1. The molecule has 1 N–H and O–H groups in total. The molecule has 0 fully saturated rings. The minimum absolute atomic E-state index is 0.0735. The Balaban J connectivity index is 1.87. The van der Waals surface area contributed by atoms with Gasteiger partial charge in [0, 0.05) is 16.0 Å². The monoisotopic (exact) mass is 409 g/mol. The lowest BCUT2D eigenvalue weighted by molar-refractivity contribution is -0.123. The first-order valence-electron chi connectivity index (χ1n) is 6.68. The number of benzene rings is 1. The fourth-order valence-corrected chi connectivity index (χ4v) is 2.86. The topological polar surface area (TPSA) is 63.6 Å². The maximum Gasteiger partial charge on any atom is 0.277 e. The number of ether oxygens (including phenoxy) is 1. The van der Waals surface area contributed by atoms with Gasteiger partial charge in [0.2, 0.25) is 0 Å². The third-order valence-electron chi connectivity index (χ3n) is 2.88. The van der Waals surface area contributed by atoms with Crippen molar-refractivity contribution in [1.82, 2.24) is 10.4 Å². The molecule has 1 heterocycles. The minimum atomic E-state index is -0.303. The second-order valence-corrected chi connectivity index (χ2v) is 5.98. The number of pyridine rings is 1. The number of hydrazone groups is 1. The first-order chi connectivity index (χ1) is 10.6. The van der Waals surface area contributed by atoms with E-state index in [-0.39, 0.29) is 12.5 Å². The van der Waals surface area contributed by atoms with Crippen LogP contribution in [0.1, 0.15) is 16.7 Å². The van der Waals surface area contributed by atoms with Crippen molar-refractivity contribution in [2.45, 2.75) is 13.8 Å². The molecule has 0 spiro atoms. The molecule has 0 aliphatic carbocycles. The maximum absolute atomic E-state index is 11.7. The molecule has 114 valence electrons. The Bertz CT molecular complexity index is 664. The average molecular weight is 409 g/mol.